The van der Waals surface area contributed by atoms with Gasteiger partial charge in [-0.05, 0) is 55.4 Å². The molecule has 2 nitrogen and oxygen atoms in total. The van der Waals surface area contributed by atoms with Gasteiger partial charge >= 0.3 is 0 Å². The predicted molar refractivity (Wildman–Crippen MR) is 83.8 cm³/mol. The summed E-state index contributed by atoms with van der Waals surface area (Å²) in [5, 5.41) is 3.42. The summed E-state index contributed by atoms with van der Waals surface area (Å²) in [4.78, 5) is 0. The van der Waals surface area contributed by atoms with E-state index in [1.807, 2.05) is 43.3 Å². The Balaban J connectivity index is 1.95. The van der Waals surface area contributed by atoms with Gasteiger partial charge in [-0.25, -0.2) is 0 Å². The summed E-state index contributed by atoms with van der Waals surface area (Å²) in [5.74, 6) is 0.744. The maximum absolute atomic E-state index is 5.55. The fourth-order valence-corrected chi connectivity index (χ4v) is 1.89. The Kier molecular flexibility index (Phi) is 4.53. The minimum Gasteiger partial charge on any atom is -0.432 e. The maximum Gasteiger partial charge on any atom is 0.266 e. The zero-order valence-corrected chi connectivity index (χ0v) is 12.0. The van der Waals surface area contributed by atoms with E-state index in [1.165, 1.54) is 11.1 Å². The highest BCUT2D eigenvalue weighted by Gasteiger charge is 2.01. The first-order valence-corrected chi connectivity index (χ1v) is 6.72. The second-order valence-electron chi connectivity index (χ2n) is 4.38. The van der Waals surface area contributed by atoms with Gasteiger partial charge in [0.1, 0.15) is 5.75 Å². The summed E-state index contributed by atoms with van der Waals surface area (Å²) in [6, 6.07) is 16.0. The third kappa shape index (κ3) is 4.07. The number of aryl methyl sites for hydroxylation is 2. The third-order valence-corrected chi connectivity index (χ3v) is 3.03. The van der Waals surface area contributed by atoms with E-state index in [0.717, 1.165) is 17.9 Å². The lowest BCUT2D eigenvalue weighted by Gasteiger charge is -2.10. The topological polar surface area (TPSA) is 21.3 Å². The van der Waals surface area contributed by atoms with E-state index in [-0.39, 0.29) is 0 Å². The van der Waals surface area contributed by atoms with Crippen LogP contribution in [-0.4, -0.2) is 5.17 Å². The van der Waals surface area contributed by atoms with Gasteiger partial charge in [-0.15, -0.1) is 0 Å². The van der Waals surface area contributed by atoms with Crippen molar-refractivity contribution in [3.63, 3.8) is 0 Å². The lowest BCUT2D eigenvalue weighted by Crippen LogP contribution is -2.16. The lowest BCUT2D eigenvalue weighted by atomic mass is 10.1. The molecule has 0 spiro atoms. The predicted octanol–water partition coefficient (Wildman–Crippen LogP) is 4.33. The van der Waals surface area contributed by atoms with E-state index < -0.39 is 0 Å². The Hall–Kier alpha value is -1.87. The quantitative estimate of drug-likeness (QED) is 0.839. The van der Waals surface area contributed by atoms with E-state index >= 15 is 0 Å². The molecule has 2 aromatic carbocycles. The van der Waals surface area contributed by atoms with Crippen LogP contribution in [0.25, 0.3) is 0 Å². The molecule has 0 aliphatic carbocycles. The van der Waals surface area contributed by atoms with E-state index in [2.05, 4.69) is 24.4 Å². The molecular formula is C16H17NOS. The van der Waals surface area contributed by atoms with Crippen LogP contribution in [0, 0.1) is 6.92 Å². The second-order valence-corrected chi connectivity index (χ2v) is 4.75. The molecule has 3 heteroatoms. The minimum absolute atomic E-state index is 0.355. The molecule has 98 valence electrons. The average Bonchev–Trinajstić information content (AvgIpc) is 2.42. The summed E-state index contributed by atoms with van der Waals surface area (Å²) in [5.41, 5.74) is 3.44. The van der Waals surface area contributed by atoms with Crippen molar-refractivity contribution in [1.29, 1.82) is 0 Å². The SMILES string of the molecule is CCc1ccc(NC(=S)Oc2ccc(C)cc2)cc1. The van der Waals surface area contributed by atoms with Crippen LogP contribution >= 0.6 is 12.2 Å². The van der Waals surface area contributed by atoms with Crippen LogP contribution in [0.4, 0.5) is 5.69 Å². The van der Waals surface area contributed by atoms with Crippen molar-refractivity contribution in [1.82, 2.24) is 0 Å². The van der Waals surface area contributed by atoms with Gasteiger partial charge in [0.25, 0.3) is 5.17 Å². The van der Waals surface area contributed by atoms with Crippen LogP contribution in [0.3, 0.4) is 0 Å². The van der Waals surface area contributed by atoms with Gasteiger partial charge < -0.3 is 10.1 Å². The molecule has 2 aromatic rings. The van der Waals surface area contributed by atoms with Crippen molar-refractivity contribution in [3.05, 3.63) is 59.7 Å². The van der Waals surface area contributed by atoms with Gasteiger partial charge in [0.15, 0.2) is 0 Å². The summed E-state index contributed by atoms with van der Waals surface area (Å²) in [6.07, 6.45) is 1.03. The smallest absolute Gasteiger partial charge is 0.266 e. The number of nitrogens with one attached hydrogen (secondary N) is 1. The number of hydrogen-bond acceptors (Lipinski definition) is 2. The van der Waals surface area contributed by atoms with Crippen molar-refractivity contribution in [2.75, 3.05) is 5.32 Å². The summed E-state index contributed by atoms with van der Waals surface area (Å²) >= 11 is 5.18. The lowest BCUT2D eigenvalue weighted by molar-refractivity contribution is 0.563. The second kappa shape index (κ2) is 6.34. The first-order chi connectivity index (χ1) is 9.17. The molecule has 0 heterocycles. The van der Waals surface area contributed by atoms with E-state index in [1.54, 1.807) is 0 Å². The zero-order valence-electron chi connectivity index (χ0n) is 11.1. The monoisotopic (exact) mass is 271 g/mol. The molecule has 0 fully saturated rings. The van der Waals surface area contributed by atoms with Crippen molar-refractivity contribution in [3.8, 4) is 5.75 Å². The zero-order chi connectivity index (χ0) is 13.7. The fraction of sp³-hybridized carbons (Fsp3) is 0.188. The van der Waals surface area contributed by atoms with Gasteiger partial charge in [-0.1, -0.05) is 36.8 Å². The van der Waals surface area contributed by atoms with Gasteiger partial charge in [0.05, 0.1) is 0 Å². The van der Waals surface area contributed by atoms with Crippen LogP contribution in [0.5, 0.6) is 5.75 Å². The molecule has 0 saturated carbocycles. The van der Waals surface area contributed by atoms with E-state index in [9.17, 15) is 0 Å². The maximum atomic E-state index is 5.55. The van der Waals surface area contributed by atoms with E-state index in [4.69, 9.17) is 17.0 Å². The number of ether oxygens (including phenoxy) is 1. The molecule has 2 rings (SSSR count). The molecule has 0 bridgehead atoms. The molecule has 0 atom stereocenters. The number of anilines is 1. The molecule has 1 N–H and O–H groups in total. The summed E-state index contributed by atoms with van der Waals surface area (Å²) in [6.45, 7) is 4.17. The normalized spacial score (nSPS) is 10.0. The molecule has 0 saturated heterocycles. The molecule has 0 unspecified atom stereocenters. The molecule has 0 amide bonds. The van der Waals surface area contributed by atoms with Crippen molar-refractivity contribution in [2.45, 2.75) is 20.3 Å². The number of rotatable bonds is 3. The van der Waals surface area contributed by atoms with Crippen LogP contribution in [0.15, 0.2) is 48.5 Å². The van der Waals surface area contributed by atoms with Gasteiger partial charge in [0.2, 0.25) is 0 Å². The Morgan fingerprint density at radius 3 is 2.26 bits per heavy atom. The number of hydrogen-bond donors (Lipinski definition) is 1. The first-order valence-electron chi connectivity index (χ1n) is 6.32. The highest BCUT2D eigenvalue weighted by atomic mass is 32.1. The number of thiocarbonyl (C=S) groups is 1. The average molecular weight is 271 g/mol. The highest BCUT2D eigenvalue weighted by molar-refractivity contribution is 7.80. The molecule has 0 aliphatic heterocycles. The fourth-order valence-electron chi connectivity index (χ4n) is 1.68. The Morgan fingerprint density at radius 1 is 1.05 bits per heavy atom. The third-order valence-electron chi connectivity index (χ3n) is 2.84. The van der Waals surface area contributed by atoms with Gasteiger partial charge in [-0.3, -0.25) is 0 Å². The highest BCUT2D eigenvalue weighted by Crippen LogP contribution is 2.14. The minimum atomic E-state index is 0.355. The molecule has 0 aliphatic rings. The molecule has 19 heavy (non-hydrogen) atoms. The van der Waals surface area contributed by atoms with Crippen molar-refractivity contribution >= 4 is 23.1 Å². The number of benzene rings is 2. The largest absolute Gasteiger partial charge is 0.432 e. The Morgan fingerprint density at radius 2 is 1.68 bits per heavy atom. The van der Waals surface area contributed by atoms with Crippen molar-refractivity contribution in [2.24, 2.45) is 0 Å². The van der Waals surface area contributed by atoms with Gasteiger partial charge in [-0.2, -0.15) is 0 Å². The first kappa shape index (κ1) is 13.6. The molecule has 0 radical (unpaired) electrons. The van der Waals surface area contributed by atoms with Crippen LogP contribution in [0.2, 0.25) is 0 Å². The summed E-state index contributed by atoms with van der Waals surface area (Å²) in [7, 11) is 0. The standard InChI is InChI=1S/C16H17NOS/c1-3-13-6-8-14(9-7-13)17-16(19)18-15-10-4-12(2)5-11-15/h4-11H,3H2,1-2H3,(H,17,19). The van der Waals surface area contributed by atoms with E-state index in [0.29, 0.717) is 5.17 Å². The van der Waals surface area contributed by atoms with Gasteiger partial charge in [0, 0.05) is 5.69 Å². The Bertz CT molecular complexity index is 546. The van der Waals surface area contributed by atoms with Crippen LogP contribution in [-0.2, 0) is 6.42 Å². The molecule has 0 aromatic heterocycles. The van der Waals surface area contributed by atoms with Crippen LogP contribution < -0.4 is 10.1 Å². The Labute approximate surface area is 119 Å². The van der Waals surface area contributed by atoms with Crippen molar-refractivity contribution < 1.29 is 4.74 Å². The molecular weight excluding hydrogens is 254 g/mol. The summed E-state index contributed by atoms with van der Waals surface area (Å²) < 4.78 is 5.55. The van der Waals surface area contributed by atoms with Crippen LogP contribution in [0.1, 0.15) is 18.1 Å².